The van der Waals surface area contributed by atoms with E-state index < -0.39 is 0 Å². The Morgan fingerprint density at radius 1 is 1.67 bits per heavy atom. The van der Waals surface area contributed by atoms with E-state index in [0.717, 1.165) is 0 Å². The minimum absolute atomic E-state index is 0.632. The average Bonchev–Trinajstić information content (AvgIpc) is 2.45. The number of halogens is 1. The van der Waals surface area contributed by atoms with Gasteiger partial charge in [-0.15, -0.1) is 11.3 Å². The molecule has 68 valence electrons. The van der Waals surface area contributed by atoms with E-state index in [-0.39, 0.29) is 0 Å². The Morgan fingerprint density at radius 2 is 2.33 bits per heavy atom. The lowest BCUT2D eigenvalue weighted by molar-refractivity contribution is 0.747. The molecule has 0 amide bonds. The van der Waals surface area contributed by atoms with E-state index in [0.29, 0.717) is 12.5 Å². The van der Waals surface area contributed by atoms with Crippen molar-refractivity contribution in [3.05, 3.63) is 20.3 Å². The first kappa shape index (κ1) is 10.2. The smallest absolute Gasteiger partial charge is 0.0746 e. The molecule has 3 heteroatoms. The van der Waals surface area contributed by atoms with Crippen LogP contribution in [0, 0.1) is 0 Å². The first-order valence-electron chi connectivity index (χ1n) is 4.17. The fourth-order valence-corrected chi connectivity index (χ4v) is 2.90. The first-order chi connectivity index (χ1) is 5.69. The van der Waals surface area contributed by atoms with Crippen LogP contribution < -0.4 is 5.73 Å². The van der Waals surface area contributed by atoms with Crippen LogP contribution >= 0.6 is 27.3 Å². The van der Waals surface area contributed by atoms with Gasteiger partial charge in [0.2, 0.25) is 0 Å². The highest BCUT2D eigenvalue weighted by Crippen LogP contribution is 2.33. The molecular weight excluding hydrogens is 234 g/mol. The van der Waals surface area contributed by atoms with Crippen LogP contribution in [0.5, 0.6) is 0 Å². The second-order valence-electron chi connectivity index (χ2n) is 2.96. The van der Waals surface area contributed by atoms with Gasteiger partial charge in [0.15, 0.2) is 0 Å². The highest BCUT2D eigenvalue weighted by Gasteiger charge is 2.09. The van der Waals surface area contributed by atoms with Crippen LogP contribution in [0.25, 0.3) is 0 Å². The van der Waals surface area contributed by atoms with Gasteiger partial charge in [0.25, 0.3) is 0 Å². The predicted octanol–water partition coefficient (Wildman–Crippen LogP) is 3.48. The minimum atomic E-state index is 0.632. The third kappa shape index (κ3) is 2.09. The fraction of sp³-hybridized carbons (Fsp3) is 0.556. The molecule has 2 N–H and O–H groups in total. The van der Waals surface area contributed by atoms with Crippen LogP contribution in [0.1, 0.15) is 36.6 Å². The van der Waals surface area contributed by atoms with Crippen LogP contribution in [0.2, 0.25) is 0 Å². The van der Waals surface area contributed by atoms with Crippen molar-refractivity contribution in [2.45, 2.75) is 32.7 Å². The maximum absolute atomic E-state index is 5.58. The maximum atomic E-state index is 5.58. The predicted molar refractivity (Wildman–Crippen MR) is 58.6 cm³/mol. The van der Waals surface area contributed by atoms with E-state index in [2.05, 4.69) is 35.8 Å². The van der Waals surface area contributed by atoms with Crippen molar-refractivity contribution in [2.75, 3.05) is 0 Å². The summed E-state index contributed by atoms with van der Waals surface area (Å²) in [6.45, 7) is 5.09. The summed E-state index contributed by atoms with van der Waals surface area (Å²) in [7, 11) is 0. The molecule has 0 bridgehead atoms. The van der Waals surface area contributed by atoms with E-state index in [9.17, 15) is 0 Å². The molecule has 0 aliphatic rings. The molecule has 0 radical (unpaired) electrons. The van der Waals surface area contributed by atoms with Crippen LogP contribution in [-0.2, 0) is 6.54 Å². The van der Waals surface area contributed by atoms with Gasteiger partial charge in [0.1, 0.15) is 0 Å². The number of thiophene rings is 1. The zero-order valence-corrected chi connectivity index (χ0v) is 9.83. The Bertz CT molecular complexity index is 257. The molecule has 0 aliphatic carbocycles. The Kier molecular flexibility index (Phi) is 3.75. The molecule has 1 aromatic heterocycles. The van der Waals surface area contributed by atoms with E-state index in [1.54, 1.807) is 0 Å². The quantitative estimate of drug-likeness (QED) is 0.870. The number of hydrogen-bond donors (Lipinski definition) is 1. The summed E-state index contributed by atoms with van der Waals surface area (Å²) in [4.78, 5) is 1.44. The lowest BCUT2D eigenvalue weighted by Crippen LogP contribution is -1.94. The van der Waals surface area contributed by atoms with Crippen molar-refractivity contribution in [2.24, 2.45) is 5.73 Å². The van der Waals surface area contributed by atoms with Crippen molar-refractivity contribution in [1.29, 1.82) is 0 Å². The molecule has 1 rings (SSSR count). The van der Waals surface area contributed by atoms with Gasteiger partial charge in [-0.25, -0.2) is 0 Å². The van der Waals surface area contributed by atoms with Gasteiger partial charge in [-0.3, -0.25) is 0 Å². The molecule has 0 fully saturated rings. The van der Waals surface area contributed by atoms with Gasteiger partial charge in [-0.05, 0) is 39.9 Å². The maximum Gasteiger partial charge on any atom is 0.0746 e. The molecular formula is C9H14BrNS. The average molecular weight is 248 g/mol. The summed E-state index contributed by atoms with van der Waals surface area (Å²) < 4.78 is 1.19. The number of rotatable bonds is 3. The highest BCUT2D eigenvalue weighted by atomic mass is 79.9. The molecule has 1 heterocycles. The van der Waals surface area contributed by atoms with Gasteiger partial charge >= 0.3 is 0 Å². The Labute approximate surface area is 86.1 Å². The van der Waals surface area contributed by atoms with E-state index in [4.69, 9.17) is 5.73 Å². The van der Waals surface area contributed by atoms with Crippen LogP contribution in [0.4, 0.5) is 0 Å². The standard InChI is InChI=1S/C9H14BrNS/c1-3-6(2)8-4-7(5-11)9(10)12-8/h4,6H,3,5,11H2,1-2H3. The zero-order valence-electron chi connectivity index (χ0n) is 7.43. The molecule has 12 heavy (non-hydrogen) atoms. The van der Waals surface area contributed by atoms with Crippen LogP contribution in [0.3, 0.4) is 0 Å². The largest absolute Gasteiger partial charge is 0.326 e. The summed E-state index contributed by atoms with van der Waals surface area (Å²) in [6, 6.07) is 2.21. The summed E-state index contributed by atoms with van der Waals surface area (Å²) in [6.07, 6.45) is 1.19. The molecule has 0 saturated carbocycles. The highest BCUT2D eigenvalue weighted by molar-refractivity contribution is 9.11. The summed E-state index contributed by atoms with van der Waals surface area (Å²) in [5, 5.41) is 0. The molecule has 0 aromatic carbocycles. The Morgan fingerprint density at radius 3 is 2.75 bits per heavy atom. The number of nitrogens with two attached hydrogens (primary N) is 1. The minimum Gasteiger partial charge on any atom is -0.326 e. The molecule has 0 aliphatic heterocycles. The third-order valence-electron chi connectivity index (χ3n) is 2.09. The molecule has 0 saturated heterocycles. The Balaban J connectivity index is 2.88. The topological polar surface area (TPSA) is 26.0 Å². The molecule has 1 atom stereocenters. The van der Waals surface area contributed by atoms with Crippen molar-refractivity contribution in [3.8, 4) is 0 Å². The normalized spacial score (nSPS) is 13.3. The fourth-order valence-electron chi connectivity index (χ4n) is 1.01. The van der Waals surface area contributed by atoms with Crippen molar-refractivity contribution >= 4 is 27.3 Å². The SMILES string of the molecule is CCC(C)c1cc(CN)c(Br)s1. The van der Waals surface area contributed by atoms with Crippen LogP contribution in [-0.4, -0.2) is 0 Å². The monoisotopic (exact) mass is 247 g/mol. The third-order valence-corrected chi connectivity index (χ3v) is 4.29. The molecule has 0 spiro atoms. The summed E-state index contributed by atoms with van der Waals surface area (Å²) in [5.74, 6) is 0.659. The van der Waals surface area contributed by atoms with Gasteiger partial charge in [-0.2, -0.15) is 0 Å². The van der Waals surface area contributed by atoms with Crippen LogP contribution in [0.15, 0.2) is 9.85 Å². The van der Waals surface area contributed by atoms with Gasteiger partial charge in [-0.1, -0.05) is 13.8 Å². The van der Waals surface area contributed by atoms with E-state index >= 15 is 0 Å². The molecule has 1 unspecified atom stereocenters. The summed E-state index contributed by atoms with van der Waals surface area (Å²) in [5.41, 5.74) is 6.81. The lowest BCUT2D eigenvalue weighted by Gasteiger charge is -2.02. The summed E-state index contributed by atoms with van der Waals surface area (Å²) >= 11 is 5.32. The molecule has 1 nitrogen and oxygen atoms in total. The zero-order chi connectivity index (χ0) is 9.14. The number of hydrogen-bond acceptors (Lipinski definition) is 2. The second-order valence-corrected chi connectivity index (χ2v) is 5.36. The van der Waals surface area contributed by atoms with E-state index in [1.165, 1.54) is 20.6 Å². The van der Waals surface area contributed by atoms with Gasteiger partial charge < -0.3 is 5.73 Å². The second kappa shape index (κ2) is 4.40. The van der Waals surface area contributed by atoms with Crippen molar-refractivity contribution in [3.63, 3.8) is 0 Å². The van der Waals surface area contributed by atoms with Crippen molar-refractivity contribution < 1.29 is 0 Å². The van der Waals surface area contributed by atoms with Gasteiger partial charge in [0, 0.05) is 11.4 Å². The van der Waals surface area contributed by atoms with Gasteiger partial charge in [0.05, 0.1) is 3.79 Å². The lowest BCUT2D eigenvalue weighted by atomic mass is 10.1. The molecule has 1 aromatic rings. The van der Waals surface area contributed by atoms with Crippen molar-refractivity contribution in [1.82, 2.24) is 0 Å². The first-order valence-corrected chi connectivity index (χ1v) is 5.78. The van der Waals surface area contributed by atoms with E-state index in [1.807, 2.05) is 11.3 Å². The Hall–Kier alpha value is 0.140.